The molecular weight excluding hydrogens is 275 g/mol. The fraction of sp³-hybridized carbons (Fsp3) is 0.286. The number of primary amides is 1. The van der Waals surface area contributed by atoms with Gasteiger partial charge < -0.3 is 15.6 Å². The Kier molecular flexibility index (Phi) is 4.89. The van der Waals surface area contributed by atoms with Gasteiger partial charge in [0.2, 0.25) is 5.91 Å². The third kappa shape index (κ3) is 4.57. The monoisotopic (exact) mass is 292 g/mol. The smallest absolute Gasteiger partial charge is 0.234 e. The lowest BCUT2D eigenvalue weighted by Crippen LogP contribution is -2.38. The van der Waals surface area contributed by atoms with E-state index in [1.54, 1.807) is 19.1 Å². The van der Waals surface area contributed by atoms with Gasteiger partial charge in [0.1, 0.15) is 5.82 Å². The molecule has 1 atom stereocenters. The van der Waals surface area contributed by atoms with E-state index in [0.717, 1.165) is 5.56 Å². The molecule has 0 saturated carbocycles. The number of nitrogens with one attached hydrogen (secondary N) is 2. The quantitative estimate of drug-likeness (QED) is 0.717. The lowest BCUT2D eigenvalue weighted by atomic mass is 10.2. The topological polar surface area (TPSA) is 93.2 Å². The van der Waals surface area contributed by atoms with Crippen molar-refractivity contribution in [1.29, 1.82) is 0 Å². The SMILES string of the molecule is CC(NCc1cc(NCc2cccc(F)c2)no1)C(N)=O. The second-order valence-corrected chi connectivity index (χ2v) is 4.67. The van der Waals surface area contributed by atoms with Crippen LogP contribution in [-0.2, 0) is 17.9 Å². The molecule has 0 aliphatic heterocycles. The molecule has 0 saturated heterocycles. The van der Waals surface area contributed by atoms with Gasteiger partial charge in [0.15, 0.2) is 11.6 Å². The van der Waals surface area contributed by atoms with E-state index in [1.807, 2.05) is 6.07 Å². The van der Waals surface area contributed by atoms with Crippen molar-refractivity contribution in [1.82, 2.24) is 10.5 Å². The Morgan fingerprint density at radius 3 is 2.95 bits per heavy atom. The van der Waals surface area contributed by atoms with Crippen LogP contribution in [0.4, 0.5) is 10.2 Å². The predicted octanol–water partition coefficient (Wildman–Crippen LogP) is 1.39. The molecule has 0 aliphatic carbocycles. The minimum atomic E-state index is -0.446. The van der Waals surface area contributed by atoms with Crippen LogP contribution in [0.3, 0.4) is 0 Å². The van der Waals surface area contributed by atoms with Crippen LogP contribution in [0.5, 0.6) is 0 Å². The van der Waals surface area contributed by atoms with Crippen molar-refractivity contribution in [3.63, 3.8) is 0 Å². The summed E-state index contributed by atoms with van der Waals surface area (Å²) in [5.74, 6) is 0.409. The van der Waals surface area contributed by atoms with Gasteiger partial charge in [0.05, 0.1) is 12.6 Å². The number of carbonyl (C=O) groups excluding carboxylic acids is 1. The average molecular weight is 292 g/mol. The average Bonchev–Trinajstić information content (AvgIpc) is 2.90. The molecule has 2 rings (SSSR count). The number of rotatable bonds is 7. The highest BCUT2D eigenvalue weighted by atomic mass is 19.1. The Morgan fingerprint density at radius 1 is 1.43 bits per heavy atom. The minimum absolute atomic E-state index is 0.278. The van der Waals surface area contributed by atoms with Crippen molar-refractivity contribution < 1.29 is 13.7 Å². The fourth-order valence-electron chi connectivity index (χ4n) is 1.67. The van der Waals surface area contributed by atoms with Crippen LogP contribution >= 0.6 is 0 Å². The van der Waals surface area contributed by atoms with Gasteiger partial charge in [-0.2, -0.15) is 0 Å². The largest absolute Gasteiger partial charge is 0.368 e. The number of benzene rings is 1. The summed E-state index contributed by atoms with van der Waals surface area (Å²) < 4.78 is 18.1. The molecule has 1 unspecified atom stereocenters. The number of carbonyl (C=O) groups is 1. The van der Waals surface area contributed by atoms with Gasteiger partial charge in [0, 0.05) is 12.6 Å². The molecule has 1 amide bonds. The fourth-order valence-corrected chi connectivity index (χ4v) is 1.67. The van der Waals surface area contributed by atoms with E-state index >= 15 is 0 Å². The third-order valence-corrected chi connectivity index (χ3v) is 2.93. The zero-order valence-corrected chi connectivity index (χ0v) is 11.6. The van der Waals surface area contributed by atoms with Crippen LogP contribution in [0.2, 0.25) is 0 Å². The summed E-state index contributed by atoms with van der Waals surface area (Å²) in [6.45, 7) is 2.45. The highest BCUT2D eigenvalue weighted by Crippen LogP contribution is 2.11. The summed E-state index contributed by atoms with van der Waals surface area (Å²) in [7, 11) is 0. The van der Waals surface area contributed by atoms with Gasteiger partial charge in [-0.3, -0.25) is 10.1 Å². The summed E-state index contributed by atoms with van der Waals surface area (Å²) in [6, 6.07) is 7.56. The molecular formula is C14H17FN4O2. The van der Waals surface area contributed by atoms with Crippen molar-refractivity contribution in [2.75, 3.05) is 5.32 Å². The molecule has 0 fully saturated rings. The molecule has 0 bridgehead atoms. The van der Waals surface area contributed by atoms with E-state index in [-0.39, 0.29) is 5.82 Å². The maximum absolute atomic E-state index is 13.0. The number of aromatic nitrogens is 1. The van der Waals surface area contributed by atoms with Gasteiger partial charge in [-0.15, -0.1) is 0 Å². The Balaban J connectivity index is 1.84. The number of nitrogens with two attached hydrogens (primary N) is 1. The van der Waals surface area contributed by atoms with E-state index in [4.69, 9.17) is 10.3 Å². The zero-order valence-electron chi connectivity index (χ0n) is 11.6. The summed E-state index contributed by atoms with van der Waals surface area (Å²) in [6.07, 6.45) is 0. The molecule has 0 spiro atoms. The highest BCUT2D eigenvalue weighted by Gasteiger charge is 2.10. The second kappa shape index (κ2) is 6.85. The third-order valence-electron chi connectivity index (χ3n) is 2.93. The molecule has 0 aliphatic rings. The van der Waals surface area contributed by atoms with E-state index in [9.17, 15) is 9.18 Å². The first kappa shape index (κ1) is 15.0. The second-order valence-electron chi connectivity index (χ2n) is 4.67. The molecule has 1 aromatic heterocycles. The molecule has 1 aromatic carbocycles. The lowest BCUT2D eigenvalue weighted by molar-refractivity contribution is -0.119. The van der Waals surface area contributed by atoms with Crippen molar-refractivity contribution in [3.05, 3.63) is 47.5 Å². The van der Waals surface area contributed by atoms with Crippen molar-refractivity contribution in [2.45, 2.75) is 26.1 Å². The van der Waals surface area contributed by atoms with Crippen LogP contribution in [0.25, 0.3) is 0 Å². The van der Waals surface area contributed by atoms with Crippen LogP contribution in [0.15, 0.2) is 34.9 Å². The first-order valence-corrected chi connectivity index (χ1v) is 6.51. The maximum Gasteiger partial charge on any atom is 0.234 e. The Bertz CT molecular complexity index is 615. The zero-order chi connectivity index (χ0) is 15.2. The van der Waals surface area contributed by atoms with Gasteiger partial charge in [0.25, 0.3) is 0 Å². The van der Waals surface area contributed by atoms with Crippen molar-refractivity contribution >= 4 is 11.7 Å². The Morgan fingerprint density at radius 2 is 2.24 bits per heavy atom. The van der Waals surface area contributed by atoms with Crippen LogP contribution in [-0.4, -0.2) is 17.1 Å². The molecule has 2 aromatic rings. The number of hydrogen-bond donors (Lipinski definition) is 3. The number of halogens is 1. The van der Waals surface area contributed by atoms with Gasteiger partial charge in [-0.1, -0.05) is 17.3 Å². The molecule has 7 heteroatoms. The minimum Gasteiger partial charge on any atom is -0.368 e. The van der Waals surface area contributed by atoms with Crippen LogP contribution < -0.4 is 16.4 Å². The Labute approximate surface area is 121 Å². The maximum atomic E-state index is 13.0. The van der Waals surface area contributed by atoms with E-state index in [2.05, 4.69) is 15.8 Å². The lowest BCUT2D eigenvalue weighted by Gasteiger charge is -2.06. The standard InChI is InChI=1S/C14H17FN4O2/c1-9(14(16)20)17-8-12-6-13(19-21-12)18-7-10-3-2-4-11(15)5-10/h2-6,9,17H,7-8H2,1H3,(H2,16,20)(H,18,19). The summed E-state index contributed by atoms with van der Waals surface area (Å²) in [5, 5.41) is 9.78. The van der Waals surface area contributed by atoms with E-state index in [0.29, 0.717) is 24.7 Å². The van der Waals surface area contributed by atoms with Gasteiger partial charge in [-0.25, -0.2) is 4.39 Å². The predicted molar refractivity (Wildman–Crippen MR) is 75.7 cm³/mol. The molecule has 21 heavy (non-hydrogen) atoms. The van der Waals surface area contributed by atoms with Gasteiger partial charge >= 0.3 is 0 Å². The van der Waals surface area contributed by atoms with Crippen molar-refractivity contribution in [3.8, 4) is 0 Å². The number of nitrogens with zero attached hydrogens (tertiary/aromatic N) is 1. The summed E-state index contributed by atoms with van der Waals surface area (Å²) in [5.41, 5.74) is 5.94. The summed E-state index contributed by atoms with van der Waals surface area (Å²) >= 11 is 0. The van der Waals surface area contributed by atoms with E-state index < -0.39 is 11.9 Å². The molecule has 1 heterocycles. The first-order valence-electron chi connectivity index (χ1n) is 6.51. The van der Waals surface area contributed by atoms with E-state index in [1.165, 1.54) is 12.1 Å². The Hall–Kier alpha value is -2.41. The van der Waals surface area contributed by atoms with Crippen molar-refractivity contribution in [2.24, 2.45) is 5.73 Å². The number of anilines is 1. The molecule has 4 N–H and O–H groups in total. The summed E-state index contributed by atoms with van der Waals surface area (Å²) in [4.78, 5) is 10.9. The molecule has 6 nitrogen and oxygen atoms in total. The van der Waals surface area contributed by atoms with Gasteiger partial charge in [-0.05, 0) is 24.6 Å². The van der Waals surface area contributed by atoms with Crippen LogP contribution in [0, 0.1) is 5.82 Å². The molecule has 0 radical (unpaired) electrons. The normalized spacial score (nSPS) is 12.1. The number of amides is 1. The first-order chi connectivity index (χ1) is 10.0. The highest BCUT2D eigenvalue weighted by molar-refractivity contribution is 5.79. The van der Waals surface area contributed by atoms with Crippen LogP contribution in [0.1, 0.15) is 18.2 Å². The molecule has 112 valence electrons. The number of hydrogen-bond acceptors (Lipinski definition) is 5.